The summed E-state index contributed by atoms with van der Waals surface area (Å²) in [6, 6.07) is 10.4. The smallest absolute Gasteiger partial charge is 0.223 e. The predicted octanol–water partition coefficient (Wildman–Crippen LogP) is 2.70. The standard InChI is InChI=1S/C19H28N2O2/c1-3-4-10-19(22)21(16-18-8-6-5-7-9-18)17(2)15-20-11-13-23-14-12-20/h3,5-9,17H,1,4,10-16H2,2H3. The van der Waals surface area contributed by atoms with Crippen LogP contribution in [-0.2, 0) is 16.1 Å². The van der Waals surface area contributed by atoms with Crippen LogP contribution in [0.4, 0.5) is 0 Å². The topological polar surface area (TPSA) is 32.8 Å². The van der Waals surface area contributed by atoms with Crippen LogP contribution < -0.4 is 0 Å². The average molecular weight is 316 g/mol. The lowest BCUT2D eigenvalue weighted by Gasteiger charge is -2.35. The normalized spacial score (nSPS) is 16.7. The van der Waals surface area contributed by atoms with E-state index in [1.807, 2.05) is 29.2 Å². The summed E-state index contributed by atoms with van der Waals surface area (Å²) in [4.78, 5) is 17.0. The van der Waals surface area contributed by atoms with E-state index in [9.17, 15) is 4.79 Å². The second-order valence-electron chi connectivity index (χ2n) is 6.10. The van der Waals surface area contributed by atoms with Gasteiger partial charge in [-0.1, -0.05) is 36.4 Å². The first kappa shape index (κ1) is 17.7. The molecule has 1 unspecified atom stereocenters. The maximum absolute atomic E-state index is 12.6. The zero-order chi connectivity index (χ0) is 16.5. The van der Waals surface area contributed by atoms with Crippen molar-refractivity contribution in [2.45, 2.75) is 32.4 Å². The van der Waals surface area contributed by atoms with Gasteiger partial charge in [0.1, 0.15) is 0 Å². The molecular formula is C19H28N2O2. The third-order valence-electron chi connectivity index (χ3n) is 4.24. The fourth-order valence-electron chi connectivity index (χ4n) is 2.90. The Morgan fingerprint density at radius 3 is 2.70 bits per heavy atom. The van der Waals surface area contributed by atoms with Crippen LogP contribution in [0.25, 0.3) is 0 Å². The molecule has 1 aromatic rings. The lowest BCUT2D eigenvalue weighted by atomic mass is 10.1. The van der Waals surface area contributed by atoms with Crippen molar-refractivity contribution in [3.63, 3.8) is 0 Å². The molecule has 0 N–H and O–H groups in total. The third-order valence-corrected chi connectivity index (χ3v) is 4.24. The van der Waals surface area contributed by atoms with Gasteiger partial charge >= 0.3 is 0 Å². The summed E-state index contributed by atoms with van der Waals surface area (Å²) >= 11 is 0. The highest BCUT2D eigenvalue weighted by molar-refractivity contribution is 5.76. The Morgan fingerprint density at radius 1 is 1.35 bits per heavy atom. The third kappa shape index (κ3) is 5.81. The number of hydrogen-bond acceptors (Lipinski definition) is 3. The molecule has 2 rings (SSSR count). The van der Waals surface area contributed by atoms with Gasteiger partial charge < -0.3 is 9.64 Å². The Bertz CT molecular complexity index is 483. The maximum Gasteiger partial charge on any atom is 0.223 e. The van der Waals surface area contributed by atoms with Gasteiger partial charge in [-0.25, -0.2) is 0 Å². The minimum atomic E-state index is 0.186. The SMILES string of the molecule is C=CCCC(=O)N(Cc1ccccc1)C(C)CN1CCOCC1. The first-order chi connectivity index (χ1) is 11.2. The van der Waals surface area contributed by atoms with Crippen LogP contribution in [-0.4, -0.2) is 54.6 Å². The molecule has 1 aliphatic heterocycles. The summed E-state index contributed by atoms with van der Waals surface area (Å²) in [5.74, 6) is 0.203. The molecule has 126 valence electrons. The van der Waals surface area contributed by atoms with E-state index in [1.165, 1.54) is 5.56 Å². The van der Waals surface area contributed by atoms with E-state index in [1.54, 1.807) is 0 Å². The summed E-state index contributed by atoms with van der Waals surface area (Å²) in [6.07, 6.45) is 3.07. The van der Waals surface area contributed by atoms with Crippen LogP contribution in [0.3, 0.4) is 0 Å². The van der Waals surface area contributed by atoms with Crippen LogP contribution >= 0.6 is 0 Å². The molecule has 4 nitrogen and oxygen atoms in total. The number of benzene rings is 1. The maximum atomic E-state index is 12.6. The molecule has 0 saturated carbocycles. The van der Waals surface area contributed by atoms with Gasteiger partial charge in [0, 0.05) is 38.6 Å². The number of hydrogen-bond donors (Lipinski definition) is 0. The number of carbonyl (C=O) groups excluding carboxylic acids is 1. The molecule has 1 aromatic carbocycles. The van der Waals surface area contributed by atoms with Gasteiger partial charge in [-0.15, -0.1) is 6.58 Å². The average Bonchev–Trinajstić information content (AvgIpc) is 2.59. The number of nitrogens with zero attached hydrogens (tertiary/aromatic N) is 2. The lowest BCUT2D eigenvalue weighted by molar-refractivity contribution is -0.134. The molecule has 0 aromatic heterocycles. The van der Waals surface area contributed by atoms with Gasteiger partial charge in [0.2, 0.25) is 5.91 Å². The van der Waals surface area contributed by atoms with Crippen molar-refractivity contribution in [3.05, 3.63) is 48.6 Å². The van der Waals surface area contributed by atoms with E-state index < -0.39 is 0 Å². The second-order valence-corrected chi connectivity index (χ2v) is 6.10. The highest BCUT2D eigenvalue weighted by atomic mass is 16.5. The van der Waals surface area contributed by atoms with Crippen LogP contribution in [0.2, 0.25) is 0 Å². The summed E-state index contributed by atoms with van der Waals surface area (Å²) in [6.45, 7) is 10.9. The van der Waals surface area contributed by atoms with Crippen molar-refractivity contribution in [1.29, 1.82) is 0 Å². The molecule has 0 spiro atoms. The van der Waals surface area contributed by atoms with Crippen molar-refractivity contribution >= 4 is 5.91 Å². The Balaban J connectivity index is 2.01. The highest BCUT2D eigenvalue weighted by Crippen LogP contribution is 2.13. The minimum absolute atomic E-state index is 0.186. The molecule has 0 aliphatic carbocycles. The number of allylic oxidation sites excluding steroid dienone is 1. The molecule has 23 heavy (non-hydrogen) atoms. The summed E-state index contributed by atoms with van der Waals surface area (Å²) in [5, 5.41) is 0. The molecule has 0 bridgehead atoms. The first-order valence-corrected chi connectivity index (χ1v) is 8.45. The lowest BCUT2D eigenvalue weighted by Crippen LogP contribution is -2.47. The van der Waals surface area contributed by atoms with Gasteiger partial charge in [-0.3, -0.25) is 9.69 Å². The van der Waals surface area contributed by atoms with Gasteiger partial charge in [0.25, 0.3) is 0 Å². The number of ether oxygens (including phenoxy) is 1. The molecule has 1 amide bonds. The highest BCUT2D eigenvalue weighted by Gasteiger charge is 2.22. The van der Waals surface area contributed by atoms with E-state index in [-0.39, 0.29) is 11.9 Å². The predicted molar refractivity (Wildman–Crippen MR) is 93.1 cm³/mol. The Labute approximate surface area is 139 Å². The van der Waals surface area contributed by atoms with Crippen molar-refractivity contribution in [3.8, 4) is 0 Å². The van der Waals surface area contributed by atoms with Gasteiger partial charge in [-0.2, -0.15) is 0 Å². The molecular weight excluding hydrogens is 288 g/mol. The quantitative estimate of drug-likeness (QED) is 0.691. The summed E-state index contributed by atoms with van der Waals surface area (Å²) in [5.41, 5.74) is 1.17. The molecule has 4 heteroatoms. The van der Waals surface area contributed by atoms with E-state index in [0.29, 0.717) is 13.0 Å². The van der Waals surface area contributed by atoms with Crippen LogP contribution in [0.5, 0.6) is 0 Å². The van der Waals surface area contributed by atoms with E-state index in [2.05, 4.69) is 30.5 Å². The fourth-order valence-corrected chi connectivity index (χ4v) is 2.90. The number of carbonyl (C=O) groups is 1. The fraction of sp³-hybridized carbons (Fsp3) is 0.526. The Morgan fingerprint density at radius 2 is 2.04 bits per heavy atom. The van der Waals surface area contributed by atoms with Crippen molar-refractivity contribution in [1.82, 2.24) is 9.80 Å². The number of amides is 1. The zero-order valence-corrected chi connectivity index (χ0v) is 14.1. The second kappa shape index (κ2) is 9.48. The van der Waals surface area contributed by atoms with Crippen LogP contribution in [0.15, 0.2) is 43.0 Å². The van der Waals surface area contributed by atoms with E-state index in [0.717, 1.165) is 39.3 Å². The van der Waals surface area contributed by atoms with Crippen LogP contribution in [0.1, 0.15) is 25.3 Å². The van der Waals surface area contributed by atoms with E-state index >= 15 is 0 Å². The Hall–Kier alpha value is -1.65. The first-order valence-electron chi connectivity index (χ1n) is 8.45. The van der Waals surface area contributed by atoms with Crippen molar-refractivity contribution < 1.29 is 9.53 Å². The molecule has 1 heterocycles. The van der Waals surface area contributed by atoms with Crippen molar-refractivity contribution in [2.24, 2.45) is 0 Å². The van der Waals surface area contributed by atoms with Crippen LogP contribution in [0, 0.1) is 0 Å². The zero-order valence-electron chi connectivity index (χ0n) is 14.1. The Kier molecular flexibility index (Phi) is 7.30. The number of morpholine rings is 1. The van der Waals surface area contributed by atoms with Gasteiger partial charge in [0.15, 0.2) is 0 Å². The molecule has 1 fully saturated rings. The summed E-state index contributed by atoms with van der Waals surface area (Å²) in [7, 11) is 0. The monoisotopic (exact) mass is 316 g/mol. The molecule has 1 atom stereocenters. The molecule has 0 radical (unpaired) electrons. The summed E-state index contributed by atoms with van der Waals surface area (Å²) < 4.78 is 5.40. The minimum Gasteiger partial charge on any atom is -0.379 e. The van der Waals surface area contributed by atoms with Gasteiger partial charge in [0.05, 0.1) is 13.2 Å². The van der Waals surface area contributed by atoms with Crippen molar-refractivity contribution in [2.75, 3.05) is 32.8 Å². The largest absolute Gasteiger partial charge is 0.379 e. The van der Waals surface area contributed by atoms with E-state index in [4.69, 9.17) is 4.74 Å². The van der Waals surface area contributed by atoms with Gasteiger partial charge in [-0.05, 0) is 18.9 Å². The molecule has 1 saturated heterocycles. The molecule has 1 aliphatic rings. The number of rotatable bonds is 8.